The Bertz CT molecular complexity index is 1430. The molecule has 0 atom stereocenters. The highest BCUT2D eigenvalue weighted by molar-refractivity contribution is 8.00. The van der Waals surface area contributed by atoms with Crippen LogP contribution in [0.3, 0.4) is 0 Å². The van der Waals surface area contributed by atoms with Crippen LogP contribution in [0.5, 0.6) is 5.75 Å². The van der Waals surface area contributed by atoms with Crippen molar-refractivity contribution in [3.8, 4) is 5.75 Å². The third-order valence-corrected chi connectivity index (χ3v) is 7.35. The van der Waals surface area contributed by atoms with Gasteiger partial charge in [-0.3, -0.25) is 9.59 Å². The Morgan fingerprint density at radius 2 is 1.15 bits per heavy atom. The van der Waals surface area contributed by atoms with Gasteiger partial charge in [0.1, 0.15) is 5.75 Å². The second-order valence-corrected chi connectivity index (χ2v) is 9.61. The van der Waals surface area contributed by atoms with Crippen LogP contribution >= 0.6 is 23.5 Å². The molecular formula is C27H16O5S2. The topological polar surface area (TPSA) is 80.7 Å². The molecule has 5 nitrogen and oxygen atoms in total. The summed E-state index contributed by atoms with van der Waals surface area (Å²) in [7, 11) is 0. The average Bonchev–Trinajstić information content (AvgIpc) is 2.84. The first-order chi connectivity index (χ1) is 16.5. The maximum Gasteiger partial charge on any atom is 0.511 e. The van der Waals surface area contributed by atoms with Crippen molar-refractivity contribution in [2.45, 2.75) is 19.6 Å². The minimum Gasteiger partial charge on any atom is -0.449 e. The van der Waals surface area contributed by atoms with E-state index in [9.17, 15) is 14.4 Å². The Hall–Kier alpha value is -3.81. The van der Waals surface area contributed by atoms with E-state index in [1.54, 1.807) is 0 Å². The van der Waals surface area contributed by atoms with Gasteiger partial charge in [0.25, 0.3) is 0 Å². The number of fused-ring (bicyclic) bond motifs is 2. The van der Waals surface area contributed by atoms with Crippen LogP contribution in [0.4, 0.5) is 4.79 Å². The highest BCUT2D eigenvalue weighted by Gasteiger charge is 2.35. The SMILES string of the molecule is O=C(O)Oc1ccc2c(c1)C(=O)c1c(Sc3ccccc3)ccc(Sc3ccccc3)c1C2=O. The van der Waals surface area contributed by atoms with Crippen LogP contribution in [-0.4, -0.2) is 22.8 Å². The lowest BCUT2D eigenvalue weighted by molar-refractivity contribution is 0.0974. The van der Waals surface area contributed by atoms with Gasteiger partial charge in [-0.15, -0.1) is 0 Å². The van der Waals surface area contributed by atoms with E-state index in [-0.39, 0.29) is 28.4 Å². The zero-order chi connectivity index (χ0) is 23.7. The van der Waals surface area contributed by atoms with Crippen molar-refractivity contribution in [2.75, 3.05) is 0 Å². The Morgan fingerprint density at radius 1 is 0.647 bits per heavy atom. The summed E-state index contributed by atoms with van der Waals surface area (Å²) in [4.78, 5) is 41.6. The molecule has 1 aliphatic carbocycles. The smallest absolute Gasteiger partial charge is 0.449 e. The second-order valence-electron chi connectivity index (χ2n) is 7.38. The maximum absolute atomic E-state index is 13.7. The van der Waals surface area contributed by atoms with E-state index in [1.165, 1.54) is 41.7 Å². The number of carbonyl (C=O) groups excluding carboxylic acids is 2. The first-order valence-electron chi connectivity index (χ1n) is 10.3. The Labute approximate surface area is 203 Å². The number of rotatable bonds is 5. The van der Waals surface area contributed by atoms with Crippen molar-refractivity contribution in [1.29, 1.82) is 0 Å². The fraction of sp³-hybridized carbons (Fsp3) is 0. The minimum absolute atomic E-state index is 0.0112. The predicted octanol–water partition coefficient (Wildman–Crippen LogP) is 6.82. The van der Waals surface area contributed by atoms with Gasteiger partial charge >= 0.3 is 6.16 Å². The van der Waals surface area contributed by atoms with Gasteiger partial charge in [-0.2, -0.15) is 0 Å². The second kappa shape index (κ2) is 9.21. The minimum atomic E-state index is -1.49. The largest absolute Gasteiger partial charge is 0.511 e. The average molecular weight is 485 g/mol. The zero-order valence-electron chi connectivity index (χ0n) is 17.6. The maximum atomic E-state index is 13.7. The summed E-state index contributed by atoms with van der Waals surface area (Å²) in [6.07, 6.45) is -1.49. The molecule has 0 aromatic heterocycles. The lowest BCUT2D eigenvalue weighted by atomic mass is 9.84. The highest BCUT2D eigenvalue weighted by atomic mass is 32.2. The number of ketones is 2. The number of carboxylic acid groups (broad SMARTS) is 1. The standard InChI is InChI=1S/C27H16O5S2/c28-25-19-12-11-16(32-27(30)31)15-20(19)26(29)24-22(34-18-9-5-2-6-10-18)14-13-21(23(24)25)33-17-7-3-1-4-8-17/h1-15H,(H,30,31). The number of ether oxygens (including phenoxy) is 1. The molecule has 0 spiro atoms. The summed E-state index contributed by atoms with van der Waals surface area (Å²) in [5.41, 5.74) is 1.04. The summed E-state index contributed by atoms with van der Waals surface area (Å²) in [6.45, 7) is 0. The molecule has 0 fully saturated rings. The van der Waals surface area contributed by atoms with Crippen molar-refractivity contribution in [3.05, 3.63) is 113 Å². The molecule has 5 rings (SSSR count). The van der Waals surface area contributed by atoms with Crippen LogP contribution in [0.2, 0.25) is 0 Å². The third-order valence-electron chi connectivity index (χ3n) is 5.21. The van der Waals surface area contributed by atoms with E-state index in [0.717, 1.165) is 9.79 Å². The summed E-state index contributed by atoms with van der Waals surface area (Å²) >= 11 is 2.83. The lowest BCUT2D eigenvalue weighted by Gasteiger charge is -2.23. The van der Waals surface area contributed by atoms with Gasteiger partial charge in [-0.25, -0.2) is 4.79 Å². The van der Waals surface area contributed by atoms with Crippen LogP contribution in [0.1, 0.15) is 31.8 Å². The highest BCUT2D eigenvalue weighted by Crippen LogP contribution is 2.43. The van der Waals surface area contributed by atoms with Crippen LogP contribution in [0.15, 0.2) is 111 Å². The van der Waals surface area contributed by atoms with E-state index in [1.807, 2.05) is 72.8 Å². The van der Waals surface area contributed by atoms with E-state index in [4.69, 9.17) is 9.84 Å². The van der Waals surface area contributed by atoms with Gasteiger partial charge in [0.15, 0.2) is 11.6 Å². The van der Waals surface area contributed by atoms with Crippen LogP contribution in [-0.2, 0) is 0 Å². The van der Waals surface area contributed by atoms with Crippen LogP contribution in [0, 0.1) is 0 Å². The van der Waals surface area contributed by atoms with Gasteiger partial charge in [-0.05, 0) is 54.6 Å². The Kier molecular flexibility index (Phi) is 5.96. The van der Waals surface area contributed by atoms with E-state index in [2.05, 4.69) is 0 Å². The normalized spacial score (nSPS) is 12.1. The first-order valence-corrected chi connectivity index (χ1v) is 11.9. The molecule has 1 N–H and O–H groups in total. The van der Waals surface area contributed by atoms with Gasteiger partial charge in [0, 0.05) is 41.8 Å². The molecule has 0 radical (unpaired) electrons. The lowest BCUT2D eigenvalue weighted by Crippen LogP contribution is -2.23. The summed E-state index contributed by atoms with van der Waals surface area (Å²) in [5.74, 6) is -0.627. The molecule has 0 bridgehead atoms. The molecule has 1 aliphatic rings. The van der Waals surface area contributed by atoms with Gasteiger partial charge in [0.05, 0.1) is 0 Å². The summed E-state index contributed by atoms with van der Waals surface area (Å²) in [6, 6.07) is 27.1. The van der Waals surface area contributed by atoms with Crippen molar-refractivity contribution in [2.24, 2.45) is 0 Å². The fourth-order valence-electron chi connectivity index (χ4n) is 3.76. The van der Waals surface area contributed by atoms with Crippen LogP contribution < -0.4 is 4.74 Å². The zero-order valence-corrected chi connectivity index (χ0v) is 19.2. The van der Waals surface area contributed by atoms with E-state index < -0.39 is 6.16 Å². The van der Waals surface area contributed by atoms with Gasteiger partial charge < -0.3 is 9.84 Å². The van der Waals surface area contributed by atoms with Crippen molar-refractivity contribution in [1.82, 2.24) is 0 Å². The number of carbonyl (C=O) groups is 3. The Morgan fingerprint density at radius 3 is 1.65 bits per heavy atom. The predicted molar refractivity (Wildman–Crippen MR) is 130 cm³/mol. The van der Waals surface area contributed by atoms with Crippen molar-refractivity contribution >= 4 is 41.2 Å². The first kappa shape index (κ1) is 22.0. The van der Waals surface area contributed by atoms with Crippen molar-refractivity contribution in [3.63, 3.8) is 0 Å². The van der Waals surface area contributed by atoms with Crippen molar-refractivity contribution < 1.29 is 24.2 Å². The van der Waals surface area contributed by atoms with E-state index >= 15 is 0 Å². The van der Waals surface area contributed by atoms with E-state index in [0.29, 0.717) is 20.9 Å². The molecule has 4 aromatic rings. The molecule has 7 heteroatoms. The molecule has 4 aromatic carbocycles. The monoisotopic (exact) mass is 484 g/mol. The molecule has 0 saturated carbocycles. The third kappa shape index (κ3) is 4.23. The molecule has 0 heterocycles. The van der Waals surface area contributed by atoms with Crippen LogP contribution in [0.25, 0.3) is 0 Å². The Balaban J connectivity index is 1.66. The molecular weight excluding hydrogens is 468 g/mol. The quantitative estimate of drug-likeness (QED) is 0.216. The van der Waals surface area contributed by atoms with Gasteiger partial charge in [0.2, 0.25) is 0 Å². The molecule has 0 amide bonds. The van der Waals surface area contributed by atoms with Gasteiger partial charge in [-0.1, -0.05) is 59.9 Å². The number of hydrogen-bond acceptors (Lipinski definition) is 6. The molecule has 0 unspecified atom stereocenters. The fourth-order valence-corrected chi connectivity index (χ4v) is 5.72. The molecule has 166 valence electrons. The summed E-state index contributed by atoms with van der Waals surface area (Å²) in [5, 5.41) is 8.95. The number of hydrogen-bond donors (Lipinski definition) is 1. The number of benzene rings is 4. The molecule has 0 saturated heterocycles. The summed E-state index contributed by atoms with van der Waals surface area (Å²) < 4.78 is 4.72. The molecule has 0 aliphatic heterocycles. The molecule has 34 heavy (non-hydrogen) atoms.